The lowest BCUT2D eigenvalue weighted by molar-refractivity contribution is 0.00578. The summed E-state index contributed by atoms with van der Waals surface area (Å²) in [5.41, 5.74) is 7.49. The van der Waals surface area contributed by atoms with Crippen molar-refractivity contribution in [2.75, 3.05) is 23.8 Å². The van der Waals surface area contributed by atoms with Gasteiger partial charge in [0, 0.05) is 95.9 Å². The van der Waals surface area contributed by atoms with Gasteiger partial charge in [0.1, 0.15) is 27.6 Å². The summed E-state index contributed by atoms with van der Waals surface area (Å²) in [5.74, 6) is 2.30. The lowest BCUT2D eigenvalue weighted by Gasteiger charge is -2.32. The van der Waals surface area contributed by atoms with Crippen LogP contribution >= 0.6 is 15.9 Å². The van der Waals surface area contributed by atoms with Crippen molar-refractivity contribution >= 4 is 63.3 Å². The molecule has 0 bridgehead atoms. The molecule has 1 saturated heterocycles. The maximum Gasteiger partial charge on any atom is 0.496 e. The lowest BCUT2D eigenvalue weighted by Crippen LogP contribution is -2.41. The zero-order chi connectivity index (χ0) is 50.7. The highest BCUT2D eigenvalue weighted by molar-refractivity contribution is 9.10. The van der Waals surface area contributed by atoms with E-state index in [2.05, 4.69) is 101 Å². The van der Waals surface area contributed by atoms with Gasteiger partial charge in [-0.15, -0.1) is 0 Å². The summed E-state index contributed by atoms with van der Waals surface area (Å²) in [5, 5.41) is 15.5. The zero-order valence-corrected chi connectivity index (χ0v) is 41.6. The highest BCUT2D eigenvalue weighted by atomic mass is 79.9. The van der Waals surface area contributed by atoms with E-state index < -0.39 is 0 Å². The van der Waals surface area contributed by atoms with Crippen molar-refractivity contribution < 1.29 is 32.7 Å². The number of rotatable bonds is 10. The molecule has 3 aliphatic rings. The third-order valence-corrected chi connectivity index (χ3v) is 13.5. The van der Waals surface area contributed by atoms with Gasteiger partial charge in [0.25, 0.3) is 11.6 Å². The van der Waals surface area contributed by atoms with Gasteiger partial charge < -0.3 is 44.2 Å². The second kappa shape index (κ2) is 20.7. The first-order valence-electron chi connectivity index (χ1n) is 23.1. The third-order valence-electron chi connectivity index (χ3n) is 12.9. The van der Waals surface area contributed by atoms with Crippen LogP contribution in [0.5, 0.6) is 11.5 Å². The Hall–Kier alpha value is -7.56. The first kappa shape index (κ1) is 49.4. The molecule has 11 rings (SSSR count). The number of fused-ring (bicyclic) bond motifs is 4. The number of benzene rings is 2. The fraction of sp³-hybridized carbons (Fsp3) is 0.294. The number of nitrogens with one attached hydrogen (secondary N) is 2. The molecule has 0 aliphatic carbocycles. The molecular formula is C51H48BBrF2N12O5. The molecule has 17 nitrogen and oxygen atoms in total. The summed E-state index contributed by atoms with van der Waals surface area (Å²) in [4.78, 5) is 32.7. The quantitative estimate of drug-likeness (QED) is 0.0874. The maximum absolute atomic E-state index is 14.5. The Labute approximate surface area is 422 Å². The fourth-order valence-electron chi connectivity index (χ4n) is 8.26. The molecule has 3 aliphatic heterocycles. The number of hydrogen-bond acceptors (Lipinski definition) is 13. The van der Waals surface area contributed by atoms with Crippen molar-refractivity contribution in [2.24, 2.45) is 0 Å². The van der Waals surface area contributed by atoms with E-state index in [-0.39, 0.29) is 61.3 Å². The molecule has 0 spiro atoms. The average molecular weight is 1040 g/mol. The first-order valence-corrected chi connectivity index (χ1v) is 23.9. The summed E-state index contributed by atoms with van der Waals surface area (Å²) in [6.07, 6.45) is 12.2. The van der Waals surface area contributed by atoms with Crippen LogP contribution in [0.15, 0.2) is 90.2 Å². The third kappa shape index (κ3) is 10.0. The lowest BCUT2D eigenvalue weighted by atomic mass is 9.80. The smallest absolute Gasteiger partial charge is 0.493 e. The van der Waals surface area contributed by atoms with Crippen molar-refractivity contribution in [3.63, 3.8) is 0 Å². The molecule has 3 N–H and O–H groups in total. The van der Waals surface area contributed by atoms with Crippen LogP contribution in [-0.4, -0.2) is 75.3 Å². The van der Waals surface area contributed by atoms with Gasteiger partial charge in [0.15, 0.2) is 0 Å². The Morgan fingerprint density at radius 3 is 1.76 bits per heavy atom. The van der Waals surface area contributed by atoms with Gasteiger partial charge in [0.05, 0.1) is 48.5 Å². The van der Waals surface area contributed by atoms with E-state index in [4.69, 9.17) is 31.9 Å². The summed E-state index contributed by atoms with van der Waals surface area (Å²) in [6.45, 7) is 26.2. The molecule has 0 atom stereocenters. The predicted molar refractivity (Wildman–Crippen MR) is 271 cm³/mol. The van der Waals surface area contributed by atoms with Gasteiger partial charge in [-0.05, 0) is 86.4 Å². The Bertz CT molecular complexity index is 3380. The Kier molecular flexibility index (Phi) is 14.2. The molecule has 6 aromatic heterocycles. The zero-order valence-electron chi connectivity index (χ0n) is 40.0. The second-order valence-electron chi connectivity index (χ2n) is 17.9. The molecule has 0 saturated carbocycles. The van der Waals surface area contributed by atoms with Gasteiger partial charge >= 0.3 is 7.12 Å². The number of anilines is 2. The monoisotopic (exact) mass is 1040 g/mol. The number of aliphatic hydroxyl groups excluding tert-OH is 1. The van der Waals surface area contributed by atoms with E-state index in [1.807, 2.05) is 24.4 Å². The topological polar surface area (TPSA) is 176 Å². The first-order chi connectivity index (χ1) is 34.7. The van der Waals surface area contributed by atoms with E-state index in [1.165, 1.54) is 12.1 Å². The Morgan fingerprint density at radius 2 is 1.25 bits per heavy atom. The standard InChI is InChI=1S/C22H17FN6O2.C16H11BrFN5O.C13H20BNO2/c1-24-20-11-29-21(28-20)16(13-2-3-14(12-30)25-8-13)9-26-22(29)27-10-17-15-6-7-31-19(15)5-4-18(17)23;1-19-14-8-23-15(22-14)11(17)7-21-16(23)20-6-10-9-4-5-24-13(9)3-2-12(10)18;1-6-11-8-7-10(9-15-11)14-16-12(2,3)13(4,5)17-14/h2-5,8-9,11,30H,6-7,10,12H2,(H,26,27);2-3,7-8H,4-6H2,(H,20,21);7-9H,6H2,1-5H3. The predicted octanol–water partition coefficient (Wildman–Crippen LogP) is 9.19. The van der Waals surface area contributed by atoms with E-state index in [0.717, 1.165) is 40.0 Å². The van der Waals surface area contributed by atoms with Crippen LogP contribution < -0.4 is 25.6 Å². The molecule has 1 fully saturated rings. The van der Waals surface area contributed by atoms with Gasteiger partial charge in [-0.2, -0.15) is 0 Å². The fourth-order valence-corrected chi connectivity index (χ4v) is 8.64. The van der Waals surface area contributed by atoms with E-state index in [1.54, 1.807) is 58.0 Å². The van der Waals surface area contributed by atoms with E-state index in [0.29, 0.717) is 81.9 Å². The van der Waals surface area contributed by atoms with Gasteiger partial charge in [0.2, 0.25) is 23.2 Å². The average Bonchev–Trinajstić information content (AvgIpc) is 4.25. The molecule has 366 valence electrons. The van der Waals surface area contributed by atoms with Crippen LogP contribution in [0.1, 0.15) is 68.3 Å². The minimum Gasteiger partial charge on any atom is -0.493 e. The molecular weight excluding hydrogens is 989 g/mol. The molecule has 0 unspecified atom stereocenters. The summed E-state index contributed by atoms with van der Waals surface area (Å²) in [6, 6.07) is 13.7. The number of aliphatic hydroxyl groups is 1. The SMILES string of the molecule is CCc1ccc(B2OC(C)(C)C(C)(C)O2)cn1.[C-]#[N+]c1cn2c(NCc3c(F)ccc4c3CCO4)ncc(-c3ccc(CO)nc3)c2n1.[C-]#[N+]c1cn2c(NCc3c(F)ccc4c3CCO4)ncc(Br)c2n1. The molecule has 9 heterocycles. The van der Waals surface area contributed by atoms with Crippen LogP contribution in [0.3, 0.4) is 0 Å². The van der Waals surface area contributed by atoms with Crippen molar-refractivity contribution in [3.05, 3.63) is 158 Å². The number of pyridine rings is 2. The van der Waals surface area contributed by atoms with Crippen molar-refractivity contribution in [2.45, 2.75) is 84.8 Å². The molecule has 0 radical (unpaired) electrons. The number of ether oxygens (including phenoxy) is 2. The number of aryl methyl sites for hydroxylation is 1. The maximum atomic E-state index is 14.5. The molecule has 0 amide bonds. The number of nitrogens with zero attached hydrogens (tertiary/aromatic N) is 10. The van der Waals surface area contributed by atoms with E-state index in [9.17, 15) is 13.9 Å². The summed E-state index contributed by atoms with van der Waals surface area (Å²) in [7, 11) is -0.307. The molecule has 21 heteroatoms. The molecule has 72 heavy (non-hydrogen) atoms. The number of aromatic nitrogens is 8. The molecule has 2 aromatic carbocycles. The largest absolute Gasteiger partial charge is 0.496 e. The van der Waals surface area contributed by atoms with Crippen LogP contribution in [0.2, 0.25) is 0 Å². The van der Waals surface area contributed by atoms with Crippen molar-refractivity contribution in [1.29, 1.82) is 0 Å². The molecule has 8 aromatic rings. The Balaban J connectivity index is 0.000000139. The normalized spacial score (nSPS) is 14.7. The van der Waals surface area contributed by atoms with Crippen LogP contribution in [0.4, 0.5) is 32.3 Å². The van der Waals surface area contributed by atoms with Crippen LogP contribution in [0, 0.1) is 24.8 Å². The summed E-state index contributed by atoms with van der Waals surface area (Å²) >= 11 is 3.37. The van der Waals surface area contributed by atoms with Gasteiger partial charge in [-0.25, -0.2) is 18.7 Å². The number of imidazole rings is 2. The number of hydrogen-bond donors (Lipinski definition) is 3. The summed E-state index contributed by atoms with van der Waals surface area (Å²) < 4.78 is 55.7. The highest BCUT2D eigenvalue weighted by Crippen LogP contribution is 2.37. The second-order valence-corrected chi connectivity index (χ2v) is 18.7. The highest BCUT2D eigenvalue weighted by Gasteiger charge is 2.51. The van der Waals surface area contributed by atoms with Crippen molar-refractivity contribution in [3.8, 4) is 22.6 Å². The van der Waals surface area contributed by atoms with E-state index >= 15 is 0 Å². The minimum atomic E-state index is -0.307. The number of halogens is 3. The van der Waals surface area contributed by atoms with Gasteiger partial charge in [-0.1, -0.05) is 42.2 Å². The van der Waals surface area contributed by atoms with Crippen molar-refractivity contribution in [1.82, 2.24) is 38.7 Å². The van der Waals surface area contributed by atoms with Crippen LogP contribution in [0.25, 0.3) is 32.1 Å². The Morgan fingerprint density at radius 1 is 0.708 bits per heavy atom. The van der Waals surface area contributed by atoms with Crippen LogP contribution in [-0.2, 0) is 48.3 Å². The minimum absolute atomic E-state index is 0.146. The van der Waals surface area contributed by atoms with Gasteiger partial charge in [-0.3, -0.25) is 18.8 Å².